The summed E-state index contributed by atoms with van der Waals surface area (Å²) in [6, 6.07) is 7.85. The van der Waals surface area contributed by atoms with Crippen LogP contribution in [0.2, 0.25) is 0 Å². The first-order valence-corrected chi connectivity index (χ1v) is 8.05. The van der Waals surface area contributed by atoms with Crippen LogP contribution in [0, 0.1) is 6.92 Å². The largest absolute Gasteiger partial charge is 0.465 e. The summed E-state index contributed by atoms with van der Waals surface area (Å²) in [5.74, 6) is -0.458. The Morgan fingerprint density at radius 1 is 1.30 bits per heavy atom. The molecular weight excluding hydrogens is 298 g/mol. The lowest BCUT2D eigenvalue weighted by molar-refractivity contribution is 0.0600. The molecule has 1 aromatic heterocycles. The number of aryl methyl sites for hydroxylation is 1. The number of esters is 1. The average Bonchev–Trinajstić information content (AvgIpc) is 2.95. The second-order valence-corrected chi connectivity index (χ2v) is 6.92. The number of methoxy groups -OCH3 is 1. The Labute approximate surface area is 121 Å². The molecule has 0 amide bonds. The van der Waals surface area contributed by atoms with Gasteiger partial charge in [0.15, 0.2) is 0 Å². The molecule has 0 spiro atoms. The van der Waals surface area contributed by atoms with E-state index in [-0.39, 0.29) is 4.21 Å². The summed E-state index contributed by atoms with van der Waals surface area (Å²) >= 11 is 1.14. The lowest BCUT2D eigenvalue weighted by Crippen LogP contribution is -2.13. The van der Waals surface area contributed by atoms with Gasteiger partial charge < -0.3 is 4.74 Å². The van der Waals surface area contributed by atoms with Gasteiger partial charge in [-0.3, -0.25) is 4.72 Å². The summed E-state index contributed by atoms with van der Waals surface area (Å²) < 4.78 is 31.6. The van der Waals surface area contributed by atoms with Crippen LogP contribution in [0.25, 0.3) is 0 Å². The van der Waals surface area contributed by atoms with Gasteiger partial charge >= 0.3 is 5.97 Å². The molecule has 0 saturated carbocycles. The van der Waals surface area contributed by atoms with Crippen LogP contribution >= 0.6 is 11.3 Å². The smallest absolute Gasteiger partial charge is 0.337 e. The Kier molecular flexibility index (Phi) is 4.10. The van der Waals surface area contributed by atoms with Gasteiger partial charge in [0.2, 0.25) is 0 Å². The number of carbonyl (C=O) groups excluding carboxylic acids is 1. The molecule has 106 valence electrons. The zero-order valence-electron chi connectivity index (χ0n) is 10.9. The maximum absolute atomic E-state index is 12.1. The fourth-order valence-electron chi connectivity index (χ4n) is 1.63. The number of ether oxygens (including phenoxy) is 1. The molecule has 0 fully saturated rings. The van der Waals surface area contributed by atoms with Crippen molar-refractivity contribution in [2.75, 3.05) is 11.8 Å². The SMILES string of the molecule is COC(=O)c1ccc(NS(=O)(=O)c2cccs2)c(C)c1. The molecule has 0 bridgehead atoms. The minimum absolute atomic E-state index is 0.244. The Hall–Kier alpha value is -1.86. The summed E-state index contributed by atoms with van der Waals surface area (Å²) in [5.41, 5.74) is 1.46. The van der Waals surface area contributed by atoms with Crippen molar-refractivity contribution in [2.24, 2.45) is 0 Å². The van der Waals surface area contributed by atoms with Gasteiger partial charge in [-0.25, -0.2) is 13.2 Å². The van der Waals surface area contributed by atoms with Crippen molar-refractivity contribution < 1.29 is 17.9 Å². The minimum atomic E-state index is -3.58. The summed E-state index contributed by atoms with van der Waals surface area (Å²) in [5, 5.41) is 1.70. The molecule has 2 rings (SSSR count). The van der Waals surface area contributed by atoms with E-state index in [1.807, 2.05) is 0 Å². The fourth-order valence-corrected chi connectivity index (χ4v) is 3.76. The van der Waals surface area contributed by atoms with E-state index in [4.69, 9.17) is 0 Å². The number of hydrogen-bond acceptors (Lipinski definition) is 5. The molecule has 1 N–H and O–H groups in total. The molecule has 5 nitrogen and oxygen atoms in total. The Morgan fingerprint density at radius 2 is 2.05 bits per heavy atom. The number of nitrogens with one attached hydrogen (secondary N) is 1. The fraction of sp³-hybridized carbons (Fsp3) is 0.154. The molecule has 0 aliphatic heterocycles. The molecule has 0 saturated heterocycles. The second kappa shape index (κ2) is 5.64. The molecule has 2 aromatic rings. The third kappa shape index (κ3) is 3.00. The predicted octanol–water partition coefficient (Wildman–Crippen LogP) is 2.64. The molecule has 20 heavy (non-hydrogen) atoms. The van der Waals surface area contributed by atoms with Gasteiger partial charge in [0, 0.05) is 0 Å². The zero-order chi connectivity index (χ0) is 14.8. The van der Waals surface area contributed by atoms with Crippen LogP contribution in [0.5, 0.6) is 0 Å². The molecule has 7 heteroatoms. The number of sulfonamides is 1. The van der Waals surface area contributed by atoms with Crippen LogP contribution in [0.1, 0.15) is 15.9 Å². The second-order valence-electron chi connectivity index (χ2n) is 4.06. The first-order valence-electron chi connectivity index (χ1n) is 5.69. The molecule has 0 atom stereocenters. The summed E-state index contributed by atoms with van der Waals surface area (Å²) in [7, 11) is -2.28. The van der Waals surface area contributed by atoms with Gasteiger partial charge in [0.05, 0.1) is 18.4 Å². The highest BCUT2D eigenvalue weighted by molar-refractivity contribution is 7.94. The number of anilines is 1. The van der Waals surface area contributed by atoms with Gasteiger partial charge in [-0.1, -0.05) is 6.07 Å². The van der Waals surface area contributed by atoms with E-state index in [9.17, 15) is 13.2 Å². The van der Waals surface area contributed by atoms with E-state index in [0.29, 0.717) is 16.8 Å². The first-order chi connectivity index (χ1) is 9.44. The normalized spacial score (nSPS) is 11.1. The standard InChI is InChI=1S/C13H13NO4S2/c1-9-8-10(13(15)18-2)5-6-11(9)14-20(16,17)12-4-3-7-19-12/h3-8,14H,1-2H3. The van der Waals surface area contributed by atoms with Crippen LogP contribution in [0.15, 0.2) is 39.9 Å². The Balaban J connectivity index is 2.29. The van der Waals surface area contributed by atoms with Crippen LogP contribution < -0.4 is 4.72 Å². The van der Waals surface area contributed by atoms with Crippen molar-refractivity contribution in [3.05, 3.63) is 46.8 Å². The zero-order valence-corrected chi connectivity index (χ0v) is 12.5. The topological polar surface area (TPSA) is 72.5 Å². The third-order valence-electron chi connectivity index (χ3n) is 2.65. The third-order valence-corrected chi connectivity index (χ3v) is 5.41. The van der Waals surface area contributed by atoms with Crippen molar-refractivity contribution in [3.8, 4) is 0 Å². The van der Waals surface area contributed by atoms with Crippen molar-refractivity contribution in [2.45, 2.75) is 11.1 Å². The molecule has 0 radical (unpaired) electrons. The minimum Gasteiger partial charge on any atom is -0.465 e. The monoisotopic (exact) mass is 311 g/mol. The summed E-state index contributed by atoms with van der Waals surface area (Å²) in [6.45, 7) is 1.72. The van der Waals surface area contributed by atoms with Crippen LogP contribution in [0.3, 0.4) is 0 Å². The van der Waals surface area contributed by atoms with E-state index in [1.165, 1.54) is 19.2 Å². The lowest BCUT2D eigenvalue weighted by atomic mass is 10.1. The van der Waals surface area contributed by atoms with Gasteiger partial charge in [-0.2, -0.15) is 0 Å². The number of carbonyl (C=O) groups is 1. The van der Waals surface area contributed by atoms with E-state index in [2.05, 4.69) is 9.46 Å². The number of rotatable bonds is 4. The van der Waals surface area contributed by atoms with Crippen LogP contribution in [0.4, 0.5) is 5.69 Å². The number of benzene rings is 1. The number of thiophene rings is 1. The van der Waals surface area contributed by atoms with Crippen LogP contribution in [-0.4, -0.2) is 21.5 Å². The van der Waals surface area contributed by atoms with Crippen molar-refractivity contribution in [3.63, 3.8) is 0 Å². The van der Waals surface area contributed by atoms with Crippen molar-refractivity contribution in [1.82, 2.24) is 0 Å². The highest BCUT2D eigenvalue weighted by atomic mass is 32.2. The van der Waals surface area contributed by atoms with Gasteiger partial charge in [-0.05, 0) is 42.1 Å². The predicted molar refractivity (Wildman–Crippen MR) is 77.6 cm³/mol. The highest BCUT2D eigenvalue weighted by Gasteiger charge is 2.17. The van der Waals surface area contributed by atoms with Gasteiger partial charge in [0.25, 0.3) is 10.0 Å². The number of hydrogen-bond donors (Lipinski definition) is 1. The van der Waals surface area contributed by atoms with E-state index >= 15 is 0 Å². The summed E-state index contributed by atoms with van der Waals surface area (Å²) in [6.07, 6.45) is 0. The van der Waals surface area contributed by atoms with Gasteiger partial charge in [0.1, 0.15) is 4.21 Å². The lowest BCUT2D eigenvalue weighted by Gasteiger charge is -2.10. The molecule has 0 aliphatic rings. The average molecular weight is 311 g/mol. The van der Waals surface area contributed by atoms with E-state index in [0.717, 1.165) is 11.3 Å². The first kappa shape index (κ1) is 14.5. The van der Waals surface area contributed by atoms with Gasteiger partial charge in [-0.15, -0.1) is 11.3 Å². The van der Waals surface area contributed by atoms with Crippen molar-refractivity contribution in [1.29, 1.82) is 0 Å². The molecule has 0 unspecified atom stereocenters. The van der Waals surface area contributed by atoms with Crippen molar-refractivity contribution >= 4 is 33.0 Å². The Bertz CT molecular complexity index is 721. The van der Waals surface area contributed by atoms with E-state index < -0.39 is 16.0 Å². The quantitative estimate of drug-likeness (QED) is 0.881. The maximum atomic E-state index is 12.1. The van der Waals surface area contributed by atoms with E-state index in [1.54, 1.807) is 30.5 Å². The summed E-state index contributed by atoms with van der Waals surface area (Å²) in [4.78, 5) is 11.4. The Morgan fingerprint density at radius 3 is 2.60 bits per heavy atom. The molecule has 1 heterocycles. The highest BCUT2D eigenvalue weighted by Crippen LogP contribution is 2.23. The maximum Gasteiger partial charge on any atom is 0.337 e. The molecule has 1 aromatic carbocycles. The molecule has 0 aliphatic carbocycles. The van der Waals surface area contributed by atoms with Crippen LogP contribution in [-0.2, 0) is 14.8 Å². The molecular formula is C13H13NO4S2.